The summed E-state index contributed by atoms with van der Waals surface area (Å²) in [5, 5.41) is 0. The van der Waals surface area contributed by atoms with E-state index in [4.69, 9.17) is 18.9 Å². The second kappa shape index (κ2) is 5.72. The zero-order chi connectivity index (χ0) is 18.8. The molecule has 2 bridgehead atoms. The third kappa shape index (κ3) is 2.06. The van der Waals surface area contributed by atoms with Gasteiger partial charge in [0.05, 0.1) is 49.5 Å². The number of fused-ring (bicyclic) bond motifs is 5. The Balaban J connectivity index is 1.57. The first-order valence-electron chi connectivity index (χ1n) is 8.74. The van der Waals surface area contributed by atoms with Crippen LogP contribution in [-0.4, -0.2) is 56.1 Å². The molecule has 2 amide bonds. The maximum absolute atomic E-state index is 13.3. The molecule has 0 aliphatic carbocycles. The number of methoxy groups -OCH3 is 1. The van der Waals surface area contributed by atoms with Crippen molar-refractivity contribution in [3.05, 3.63) is 42.0 Å². The lowest BCUT2D eigenvalue weighted by atomic mass is 9.76. The van der Waals surface area contributed by atoms with Gasteiger partial charge in [0.15, 0.2) is 11.9 Å². The Kier molecular flexibility index (Phi) is 3.52. The molecular formula is C19H17NO7. The van der Waals surface area contributed by atoms with Crippen molar-refractivity contribution in [1.82, 2.24) is 0 Å². The first-order chi connectivity index (χ1) is 13.1. The number of hydrogen-bond acceptors (Lipinski definition) is 7. The fraction of sp³-hybridized carbons (Fsp3) is 0.421. The van der Waals surface area contributed by atoms with E-state index in [-0.39, 0.29) is 11.3 Å². The van der Waals surface area contributed by atoms with Crippen molar-refractivity contribution in [2.45, 2.75) is 18.0 Å². The predicted octanol–water partition coefficient (Wildman–Crippen LogP) is 0.659. The molecule has 3 fully saturated rings. The Morgan fingerprint density at radius 2 is 1.93 bits per heavy atom. The lowest BCUT2D eigenvalue weighted by Gasteiger charge is -2.32. The molecule has 27 heavy (non-hydrogen) atoms. The first kappa shape index (κ1) is 16.6. The summed E-state index contributed by atoms with van der Waals surface area (Å²) in [5.41, 5.74) is -0.741. The Hall–Kier alpha value is -2.55. The van der Waals surface area contributed by atoms with E-state index in [0.717, 1.165) is 4.90 Å². The minimum absolute atomic E-state index is 0.158. The molecule has 3 saturated heterocycles. The van der Waals surface area contributed by atoms with Crippen LogP contribution >= 0.6 is 0 Å². The fourth-order valence-electron chi connectivity index (χ4n) is 4.51. The van der Waals surface area contributed by atoms with Gasteiger partial charge in [-0.2, -0.15) is 0 Å². The number of carbonyl (C=O) groups excluding carboxylic acids is 3. The van der Waals surface area contributed by atoms with Gasteiger partial charge in [0.2, 0.25) is 11.8 Å². The molecule has 1 aromatic rings. The summed E-state index contributed by atoms with van der Waals surface area (Å²) >= 11 is 0. The van der Waals surface area contributed by atoms with Gasteiger partial charge in [0.1, 0.15) is 0 Å². The molecule has 0 radical (unpaired) electrons. The molecule has 0 unspecified atom stereocenters. The smallest absolute Gasteiger partial charge is 0.339 e. The second-order valence-electron chi connectivity index (χ2n) is 6.89. The minimum Gasteiger partial charge on any atom is -0.465 e. The van der Waals surface area contributed by atoms with Crippen molar-refractivity contribution in [2.24, 2.45) is 11.8 Å². The molecule has 0 saturated carbocycles. The number of para-hydroxylation sites is 1. The number of ether oxygens (including phenoxy) is 4. The lowest BCUT2D eigenvalue weighted by Crippen LogP contribution is -2.49. The standard InChI is InChI=1S/C19H17NO7/c1-24-17(23)10-4-2-3-5-11(10)20-15(21)13-12-6-7-19(27-12,14(13)16(20)22)18-25-8-9-26-18/h2-7,12-14,18H,8-9H2,1H3/t12-,13+,14-,19-/m1/s1. The van der Waals surface area contributed by atoms with Gasteiger partial charge >= 0.3 is 5.97 Å². The molecular weight excluding hydrogens is 354 g/mol. The Bertz CT molecular complexity index is 875. The number of nitrogens with zero attached hydrogens (tertiary/aromatic N) is 1. The van der Waals surface area contributed by atoms with Crippen LogP contribution in [-0.2, 0) is 28.5 Å². The van der Waals surface area contributed by atoms with E-state index in [0.29, 0.717) is 13.2 Å². The maximum atomic E-state index is 13.3. The lowest BCUT2D eigenvalue weighted by molar-refractivity contribution is -0.180. The molecule has 140 valence electrons. The van der Waals surface area contributed by atoms with Gasteiger partial charge in [-0.05, 0) is 18.2 Å². The summed E-state index contributed by atoms with van der Waals surface area (Å²) < 4.78 is 22.0. The number of esters is 1. The van der Waals surface area contributed by atoms with Crippen LogP contribution in [0.5, 0.6) is 0 Å². The quantitative estimate of drug-likeness (QED) is 0.438. The van der Waals surface area contributed by atoms with E-state index in [9.17, 15) is 14.4 Å². The highest BCUT2D eigenvalue weighted by molar-refractivity contribution is 6.25. The summed E-state index contributed by atoms with van der Waals surface area (Å²) in [6.45, 7) is 0.811. The van der Waals surface area contributed by atoms with Crippen LogP contribution in [0.3, 0.4) is 0 Å². The SMILES string of the molecule is COC(=O)c1ccccc1N1C(=O)[C@H]2[C@H]3C=C[C@@](C4OCCO4)(O3)[C@H]2C1=O. The Morgan fingerprint density at radius 1 is 1.19 bits per heavy atom. The van der Waals surface area contributed by atoms with Gasteiger partial charge in [0.25, 0.3) is 0 Å². The number of amides is 2. The molecule has 8 heteroatoms. The van der Waals surface area contributed by atoms with E-state index in [2.05, 4.69) is 0 Å². The van der Waals surface area contributed by atoms with Crippen molar-refractivity contribution in [1.29, 1.82) is 0 Å². The highest BCUT2D eigenvalue weighted by Gasteiger charge is 2.71. The highest BCUT2D eigenvalue weighted by Crippen LogP contribution is 2.55. The van der Waals surface area contributed by atoms with Crippen molar-refractivity contribution in [3.8, 4) is 0 Å². The van der Waals surface area contributed by atoms with Crippen LogP contribution in [0, 0.1) is 11.8 Å². The van der Waals surface area contributed by atoms with Crippen molar-refractivity contribution < 1.29 is 33.3 Å². The predicted molar refractivity (Wildman–Crippen MR) is 89.7 cm³/mol. The molecule has 1 aromatic carbocycles. The number of benzene rings is 1. The third-order valence-corrected chi connectivity index (χ3v) is 5.62. The van der Waals surface area contributed by atoms with E-state index in [1.165, 1.54) is 13.2 Å². The van der Waals surface area contributed by atoms with E-state index < -0.39 is 47.6 Å². The van der Waals surface area contributed by atoms with Crippen molar-refractivity contribution >= 4 is 23.5 Å². The third-order valence-electron chi connectivity index (χ3n) is 5.62. The normalized spacial score (nSPS) is 34.6. The molecule has 4 atom stereocenters. The number of hydrogen-bond donors (Lipinski definition) is 0. The first-order valence-corrected chi connectivity index (χ1v) is 8.74. The van der Waals surface area contributed by atoms with Gasteiger partial charge in [-0.15, -0.1) is 0 Å². The molecule has 0 spiro atoms. The molecule has 5 rings (SSSR count). The molecule has 0 aromatic heterocycles. The molecule has 4 heterocycles. The molecule has 4 aliphatic rings. The van der Waals surface area contributed by atoms with Crippen LogP contribution in [0.2, 0.25) is 0 Å². The Morgan fingerprint density at radius 3 is 2.67 bits per heavy atom. The van der Waals surface area contributed by atoms with Crippen LogP contribution < -0.4 is 4.90 Å². The zero-order valence-corrected chi connectivity index (χ0v) is 14.5. The summed E-state index contributed by atoms with van der Waals surface area (Å²) in [7, 11) is 1.25. The van der Waals surface area contributed by atoms with Gasteiger partial charge in [0, 0.05) is 0 Å². The van der Waals surface area contributed by atoms with Crippen molar-refractivity contribution in [2.75, 3.05) is 25.2 Å². The topological polar surface area (TPSA) is 91.4 Å². The number of carbonyl (C=O) groups is 3. The minimum atomic E-state index is -1.12. The summed E-state index contributed by atoms with van der Waals surface area (Å²) in [4.78, 5) is 39.7. The number of anilines is 1. The number of imide groups is 1. The van der Waals surface area contributed by atoms with E-state index >= 15 is 0 Å². The zero-order valence-electron chi connectivity index (χ0n) is 14.5. The van der Waals surface area contributed by atoms with Gasteiger partial charge in [-0.3, -0.25) is 9.59 Å². The van der Waals surface area contributed by atoms with Crippen molar-refractivity contribution in [3.63, 3.8) is 0 Å². The summed E-state index contributed by atoms with van der Waals surface area (Å²) in [6, 6.07) is 6.41. The van der Waals surface area contributed by atoms with Crippen LogP contribution in [0.15, 0.2) is 36.4 Å². The fourth-order valence-corrected chi connectivity index (χ4v) is 4.51. The van der Waals surface area contributed by atoms with E-state index in [1.807, 2.05) is 0 Å². The maximum Gasteiger partial charge on any atom is 0.339 e. The summed E-state index contributed by atoms with van der Waals surface area (Å²) in [6.07, 6.45) is 2.30. The highest BCUT2D eigenvalue weighted by atomic mass is 16.7. The molecule has 8 nitrogen and oxygen atoms in total. The average Bonchev–Trinajstić information content (AvgIpc) is 3.45. The van der Waals surface area contributed by atoms with Gasteiger partial charge in [-0.25, -0.2) is 9.69 Å². The second-order valence-corrected chi connectivity index (χ2v) is 6.89. The van der Waals surface area contributed by atoms with Crippen LogP contribution in [0.4, 0.5) is 5.69 Å². The Labute approximate surface area is 154 Å². The molecule has 0 N–H and O–H groups in total. The van der Waals surface area contributed by atoms with Crippen LogP contribution in [0.1, 0.15) is 10.4 Å². The molecule has 4 aliphatic heterocycles. The van der Waals surface area contributed by atoms with Crippen LogP contribution in [0.25, 0.3) is 0 Å². The van der Waals surface area contributed by atoms with E-state index in [1.54, 1.807) is 30.4 Å². The largest absolute Gasteiger partial charge is 0.465 e. The monoisotopic (exact) mass is 371 g/mol. The van der Waals surface area contributed by atoms with Gasteiger partial charge < -0.3 is 18.9 Å². The number of rotatable bonds is 3. The van der Waals surface area contributed by atoms with Gasteiger partial charge in [-0.1, -0.05) is 18.2 Å². The average molecular weight is 371 g/mol. The summed E-state index contributed by atoms with van der Waals surface area (Å²) in [5.74, 6) is -2.85.